The largest absolute Gasteiger partial charge is 0.350 e. The molecule has 4 nitrogen and oxygen atoms in total. The van der Waals surface area contributed by atoms with Gasteiger partial charge in [0.25, 0.3) is 0 Å². The number of hydrogen-bond acceptors (Lipinski definition) is 3. The first-order valence-electron chi connectivity index (χ1n) is 4.28. The van der Waals surface area contributed by atoms with Gasteiger partial charge in [0, 0.05) is 0 Å². The molecule has 1 rings (SSSR count). The van der Waals surface area contributed by atoms with Crippen molar-refractivity contribution in [2.24, 2.45) is 16.8 Å². The lowest BCUT2D eigenvalue weighted by molar-refractivity contribution is 0.249. The molecule has 0 radical (unpaired) electrons. The molecule has 1 heterocycles. The Morgan fingerprint density at radius 2 is 2.36 bits per heavy atom. The summed E-state index contributed by atoms with van der Waals surface area (Å²) < 4.78 is 0. The number of nitrogens with zero attached hydrogens (tertiary/aromatic N) is 1. The second kappa shape index (κ2) is 4.76. The zero-order chi connectivity index (χ0) is 10.6. The standard InChI is InChI=1S/C9H13N3OS/c1-6(2)8(11-12-9(10)13)7-4-3-5-14-7/h3-6H,1-2H3,(H3,10,12,13). The van der Waals surface area contributed by atoms with Crippen molar-refractivity contribution < 1.29 is 4.79 Å². The summed E-state index contributed by atoms with van der Waals surface area (Å²) in [7, 11) is 0. The number of amides is 2. The summed E-state index contributed by atoms with van der Waals surface area (Å²) >= 11 is 1.59. The van der Waals surface area contributed by atoms with Crippen LogP contribution in [0.15, 0.2) is 22.6 Å². The zero-order valence-corrected chi connectivity index (χ0v) is 8.97. The average molecular weight is 211 g/mol. The van der Waals surface area contributed by atoms with E-state index < -0.39 is 6.03 Å². The van der Waals surface area contributed by atoms with Crippen LogP contribution < -0.4 is 11.2 Å². The average Bonchev–Trinajstić information content (AvgIpc) is 2.56. The fraction of sp³-hybridized carbons (Fsp3) is 0.333. The van der Waals surface area contributed by atoms with E-state index in [0.29, 0.717) is 0 Å². The summed E-state index contributed by atoms with van der Waals surface area (Å²) in [5, 5.41) is 5.94. The van der Waals surface area contributed by atoms with Crippen molar-refractivity contribution >= 4 is 23.1 Å². The van der Waals surface area contributed by atoms with E-state index in [1.54, 1.807) is 11.3 Å². The van der Waals surface area contributed by atoms with Gasteiger partial charge in [0.15, 0.2) is 0 Å². The van der Waals surface area contributed by atoms with E-state index in [2.05, 4.69) is 10.5 Å². The van der Waals surface area contributed by atoms with Crippen LogP contribution >= 0.6 is 11.3 Å². The van der Waals surface area contributed by atoms with E-state index in [-0.39, 0.29) is 5.92 Å². The van der Waals surface area contributed by atoms with Crippen molar-refractivity contribution in [3.63, 3.8) is 0 Å². The Labute approximate surface area is 86.8 Å². The van der Waals surface area contributed by atoms with Crippen LogP contribution in [0.2, 0.25) is 0 Å². The van der Waals surface area contributed by atoms with Crippen LogP contribution in [0.1, 0.15) is 18.7 Å². The fourth-order valence-electron chi connectivity index (χ4n) is 1.01. The molecule has 3 N–H and O–H groups in total. The van der Waals surface area contributed by atoms with Gasteiger partial charge in [-0.1, -0.05) is 19.9 Å². The molecule has 14 heavy (non-hydrogen) atoms. The van der Waals surface area contributed by atoms with Crippen molar-refractivity contribution in [2.45, 2.75) is 13.8 Å². The maximum absolute atomic E-state index is 10.5. The molecule has 1 aromatic rings. The molecule has 1 aromatic heterocycles. The third-order valence-electron chi connectivity index (χ3n) is 1.61. The van der Waals surface area contributed by atoms with Gasteiger partial charge in [0.1, 0.15) is 0 Å². The Morgan fingerprint density at radius 3 is 2.79 bits per heavy atom. The molecule has 0 spiro atoms. The quantitative estimate of drug-likeness (QED) is 0.580. The van der Waals surface area contributed by atoms with Crippen LogP contribution in [-0.2, 0) is 0 Å². The van der Waals surface area contributed by atoms with Gasteiger partial charge in [-0.25, -0.2) is 10.2 Å². The number of nitrogens with two attached hydrogens (primary N) is 1. The minimum absolute atomic E-state index is 0.250. The van der Waals surface area contributed by atoms with Crippen molar-refractivity contribution in [1.29, 1.82) is 0 Å². The van der Waals surface area contributed by atoms with Gasteiger partial charge in [-0.3, -0.25) is 0 Å². The molecule has 0 aromatic carbocycles. The van der Waals surface area contributed by atoms with Crippen LogP contribution in [-0.4, -0.2) is 11.7 Å². The smallest absolute Gasteiger partial charge is 0.332 e. The summed E-state index contributed by atoms with van der Waals surface area (Å²) in [5.74, 6) is 0.250. The van der Waals surface area contributed by atoms with Crippen LogP contribution in [0.3, 0.4) is 0 Å². The lowest BCUT2D eigenvalue weighted by Gasteiger charge is -2.07. The van der Waals surface area contributed by atoms with Crippen LogP contribution in [0, 0.1) is 5.92 Å². The predicted molar refractivity (Wildman–Crippen MR) is 58.4 cm³/mol. The molecule has 0 saturated carbocycles. The molecule has 0 unspecified atom stereocenters. The Balaban J connectivity index is 2.85. The molecule has 0 bridgehead atoms. The lowest BCUT2D eigenvalue weighted by Crippen LogP contribution is -2.26. The number of urea groups is 1. The molecular weight excluding hydrogens is 198 g/mol. The van der Waals surface area contributed by atoms with Crippen molar-refractivity contribution in [3.05, 3.63) is 22.4 Å². The topological polar surface area (TPSA) is 67.5 Å². The maximum Gasteiger partial charge on any atom is 0.332 e. The van der Waals surface area contributed by atoms with Gasteiger partial charge >= 0.3 is 6.03 Å². The minimum atomic E-state index is -0.639. The van der Waals surface area contributed by atoms with Gasteiger partial charge in [-0.05, 0) is 17.4 Å². The molecule has 0 saturated heterocycles. The number of carbonyl (C=O) groups excluding carboxylic acids is 1. The van der Waals surface area contributed by atoms with E-state index in [1.165, 1.54) is 0 Å². The Morgan fingerprint density at radius 1 is 1.64 bits per heavy atom. The first kappa shape index (κ1) is 10.7. The number of hydrazone groups is 1. The number of thiophene rings is 1. The highest BCUT2D eigenvalue weighted by Gasteiger charge is 2.09. The maximum atomic E-state index is 10.5. The molecule has 0 atom stereocenters. The van der Waals surface area contributed by atoms with Crippen LogP contribution in [0.25, 0.3) is 0 Å². The first-order valence-corrected chi connectivity index (χ1v) is 5.16. The lowest BCUT2D eigenvalue weighted by atomic mass is 10.1. The van der Waals surface area contributed by atoms with E-state index in [1.807, 2.05) is 31.4 Å². The summed E-state index contributed by atoms with van der Waals surface area (Å²) in [6, 6.07) is 3.27. The minimum Gasteiger partial charge on any atom is -0.350 e. The third-order valence-corrected chi connectivity index (χ3v) is 2.50. The second-order valence-corrected chi connectivity index (χ2v) is 4.05. The summed E-state index contributed by atoms with van der Waals surface area (Å²) in [4.78, 5) is 11.6. The first-order chi connectivity index (χ1) is 6.61. The normalized spacial score (nSPS) is 11.8. The van der Waals surface area contributed by atoms with E-state index in [0.717, 1.165) is 10.6 Å². The highest BCUT2D eigenvalue weighted by molar-refractivity contribution is 7.12. The highest BCUT2D eigenvalue weighted by Crippen LogP contribution is 2.14. The summed E-state index contributed by atoms with van der Waals surface area (Å²) in [5.41, 5.74) is 8.04. The van der Waals surface area contributed by atoms with Gasteiger partial charge in [-0.15, -0.1) is 11.3 Å². The van der Waals surface area contributed by atoms with Crippen LogP contribution in [0.5, 0.6) is 0 Å². The van der Waals surface area contributed by atoms with Crippen molar-refractivity contribution in [1.82, 2.24) is 5.43 Å². The Hall–Kier alpha value is -1.36. The fourth-order valence-corrected chi connectivity index (χ4v) is 1.87. The van der Waals surface area contributed by atoms with Gasteiger partial charge < -0.3 is 5.73 Å². The van der Waals surface area contributed by atoms with E-state index >= 15 is 0 Å². The van der Waals surface area contributed by atoms with E-state index in [4.69, 9.17) is 5.73 Å². The van der Waals surface area contributed by atoms with Crippen LogP contribution in [0.4, 0.5) is 4.79 Å². The van der Waals surface area contributed by atoms with Crippen molar-refractivity contribution in [2.75, 3.05) is 0 Å². The molecule has 5 heteroatoms. The molecular formula is C9H13N3OS. The van der Waals surface area contributed by atoms with Gasteiger partial charge in [0.2, 0.25) is 0 Å². The zero-order valence-electron chi connectivity index (χ0n) is 8.15. The second-order valence-electron chi connectivity index (χ2n) is 3.11. The molecule has 2 amide bonds. The number of nitrogens with one attached hydrogen (secondary N) is 1. The van der Waals surface area contributed by atoms with E-state index in [9.17, 15) is 4.79 Å². The molecule has 76 valence electrons. The number of carbonyl (C=O) groups is 1. The van der Waals surface area contributed by atoms with Crippen molar-refractivity contribution in [3.8, 4) is 0 Å². The SMILES string of the molecule is CC(C)C(=NNC(N)=O)c1cccs1. The number of primary amides is 1. The third kappa shape index (κ3) is 2.85. The van der Waals surface area contributed by atoms with Gasteiger partial charge in [-0.2, -0.15) is 5.10 Å². The number of hydrogen-bond donors (Lipinski definition) is 2. The Bertz CT molecular complexity index is 330. The number of rotatable bonds is 3. The summed E-state index contributed by atoms with van der Waals surface area (Å²) in [6.07, 6.45) is 0. The molecule has 0 fully saturated rings. The molecule has 0 aliphatic carbocycles. The Kier molecular flexibility index (Phi) is 3.64. The molecule has 0 aliphatic heterocycles. The van der Waals surface area contributed by atoms with Gasteiger partial charge in [0.05, 0.1) is 10.6 Å². The highest BCUT2D eigenvalue weighted by atomic mass is 32.1. The predicted octanol–water partition coefficient (Wildman–Crippen LogP) is 1.78. The molecule has 0 aliphatic rings. The summed E-state index contributed by atoms with van der Waals surface area (Å²) in [6.45, 7) is 4.03. The monoisotopic (exact) mass is 211 g/mol.